The third-order valence-electron chi connectivity index (χ3n) is 5.77. The lowest BCUT2D eigenvalue weighted by atomic mass is 10.0. The second-order valence-corrected chi connectivity index (χ2v) is 7.29. The maximum absolute atomic E-state index is 5.03. The van der Waals surface area contributed by atoms with E-state index in [4.69, 9.17) is 4.99 Å². The molecule has 0 aromatic rings. The Morgan fingerprint density at radius 3 is 2.71 bits per heavy atom. The molecule has 1 N–H and O–H groups in total. The van der Waals surface area contributed by atoms with Crippen LogP contribution >= 0.6 is 0 Å². The largest absolute Gasteiger partial charge is 0.357 e. The number of hydrogen-bond donors (Lipinski definition) is 1. The maximum Gasteiger partial charge on any atom is 0.194 e. The van der Waals surface area contributed by atoms with Gasteiger partial charge in [-0.1, -0.05) is 25.5 Å². The van der Waals surface area contributed by atoms with Crippen LogP contribution in [-0.2, 0) is 0 Å². The van der Waals surface area contributed by atoms with Gasteiger partial charge in [0, 0.05) is 44.8 Å². The van der Waals surface area contributed by atoms with Crippen LogP contribution < -0.4 is 5.32 Å². The van der Waals surface area contributed by atoms with Gasteiger partial charge >= 0.3 is 0 Å². The van der Waals surface area contributed by atoms with E-state index >= 15 is 0 Å². The van der Waals surface area contributed by atoms with E-state index in [1.807, 2.05) is 0 Å². The first kappa shape index (κ1) is 17.7. The summed E-state index contributed by atoms with van der Waals surface area (Å²) < 4.78 is 0. The van der Waals surface area contributed by atoms with Crippen molar-refractivity contribution in [2.24, 2.45) is 4.99 Å². The van der Waals surface area contributed by atoms with Crippen LogP contribution in [-0.4, -0.2) is 85.1 Å². The topological polar surface area (TPSA) is 34.1 Å². The SMILES string of the molecule is CCNC(=NCC1CCCCN1CC)N1CCC(N2CC=CC2)C1. The molecule has 2 fully saturated rings. The van der Waals surface area contributed by atoms with Crippen LogP contribution in [0.5, 0.6) is 0 Å². The van der Waals surface area contributed by atoms with Crippen LogP contribution in [0.2, 0.25) is 0 Å². The highest BCUT2D eigenvalue weighted by Gasteiger charge is 2.30. The van der Waals surface area contributed by atoms with Crippen molar-refractivity contribution in [1.29, 1.82) is 0 Å². The molecule has 5 nitrogen and oxygen atoms in total. The van der Waals surface area contributed by atoms with Crippen molar-refractivity contribution >= 4 is 5.96 Å². The zero-order valence-electron chi connectivity index (χ0n) is 15.6. The average Bonchev–Trinajstić information content (AvgIpc) is 3.29. The zero-order valence-corrected chi connectivity index (χ0v) is 15.6. The minimum absolute atomic E-state index is 0.638. The third kappa shape index (κ3) is 4.31. The summed E-state index contributed by atoms with van der Waals surface area (Å²) in [6, 6.07) is 1.32. The van der Waals surface area contributed by atoms with Gasteiger partial charge in [0.2, 0.25) is 0 Å². The summed E-state index contributed by atoms with van der Waals surface area (Å²) >= 11 is 0. The van der Waals surface area contributed by atoms with Crippen molar-refractivity contribution < 1.29 is 0 Å². The molecular weight excluding hydrogens is 298 g/mol. The van der Waals surface area contributed by atoms with Crippen LogP contribution in [0.25, 0.3) is 0 Å². The van der Waals surface area contributed by atoms with E-state index in [9.17, 15) is 0 Å². The Kier molecular flexibility index (Phi) is 6.55. The summed E-state index contributed by atoms with van der Waals surface area (Å²) in [7, 11) is 0. The predicted octanol–water partition coefficient (Wildman–Crippen LogP) is 1.77. The van der Waals surface area contributed by atoms with Gasteiger partial charge in [-0.2, -0.15) is 0 Å². The Hall–Kier alpha value is -1.07. The summed E-state index contributed by atoms with van der Waals surface area (Å²) in [6.45, 7) is 13.3. The lowest BCUT2D eigenvalue weighted by Gasteiger charge is -2.34. The second kappa shape index (κ2) is 8.86. The summed E-state index contributed by atoms with van der Waals surface area (Å²) in [4.78, 5) is 12.7. The van der Waals surface area contributed by atoms with E-state index in [2.05, 4.69) is 46.0 Å². The van der Waals surface area contributed by atoms with Gasteiger partial charge in [-0.25, -0.2) is 0 Å². The number of hydrogen-bond acceptors (Lipinski definition) is 3. The molecule has 0 aliphatic carbocycles. The average molecular weight is 334 g/mol. The van der Waals surface area contributed by atoms with Crippen molar-refractivity contribution in [3.8, 4) is 0 Å². The van der Waals surface area contributed by atoms with E-state index in [0.717, 1.165) is 51.8 Å². The number of aliphatic imine (C=N–C) groups is 1. The van der Waals surface area contributed by atoms with Crippen molar-refractivity contribution in [2.45, 2.75) is 51.6 Å². The number of likely N-dealkylation sites (tertiary alicyclic amines) is 2. The Labute approximate surface area is 147 Å². The Morgan fingerprint density at radius 2 is 1.96 bits per heavy atom. The molecule has 3 aliphatic rings. The fourth-order valence-electron chi connectivity index (χ4n) is 4.33. The van der Waals surface area contributed by atoms with Crippen LogP contribution in [0.4, 0.5) is 0 Å². The van der Waals surface area contributed by atoms with E-state index in [1.54, 1.807) is 0 Å². The number of rotatable bonds is 5. The first-order chi connectivity index (χ1) is 11.8. The van der Waals surface area contributed by atoms with Gasteiger partial charge in [0.05, 0.1) is 6.54 Å². The Bertz CT molecular complexity index is 439. The van der Waals surface area contributed by atoms with Crippen LogP contribution in [0.1, 0.15) is 39.5 Å². The van der Waals surface area contributed by atoms with E-state index in [0.29, 0.717) is 12.1 Å². The highest BCUT2D eigenvalue weighted by molar-refractivity contribution is 5.80. The molecule has 0 aromatic carbocycles. The van der Waals surface area contributed by atoms with Crippen molar-refractivity contribution in [1.82, 2.24) is 20.0 Å². The molecule has 0 aromatic heterocycles. The summed E-state index contributed by atoms with van der Waals surface area (Å²) in [5.74, 6) is 1.13. The first-order valence-electron chi connectivity index (χ1n) is 9.98. The fourth-order valence-corrected chi connectivity index (χ4v) is 4.33. The van der Waals surface area contributed by atoms with Gasteiger partial charge in [-0.15, -0.1) is 0 Å². The standard InChI is InChI=1S/C19H35N5/c1-3-20-19(21-15-17-9-5-6-11-22(17)4-2)24-14-10-18(16-24)23-12-7-8-13-23/h7-8,17-18H,3-6,9-16H2,1-2H3,(H,20,21). The van der Waals surface area contributed by atoms with Gasteiger partial charge in [0.15, 0.2) is 5.96 Å². The summed E-state index contributed by atoms with van der Waals surface area (Å²) in [5.41, 5.74) is 0. The molecule has 3 aliphatic heterocycles. The molecule has 2 atom stereocenters. The molecule has 0 radical (unpaired) electrons. The molecule has 3 heterocycles. The minimum Gasteiger partial charge on any atom is -0.357 e. The highest BCUT2D eigenvalue weighted by Crippen LogP contribution is 2.19. The minimum atomic E-state index is 0.638. The van der Waals surface area contributed by atoms with Crippen LogP contribution in [0.15, 0.2) is 17.1 Å². The molecule has 0 bridgehead atoms. The summed E-state index contributed by atoms with van der Waals surface area (Å²) in [5, 5.41) is 3.53. The van der Waals surface area contributed by atoms with E-state index in [-0.39, 0.29) is 0 Å². The molecule has 2 saturated heterocycles. The number of guanidine groups is 1. The molecule has 3 rings (SSSR count). The number of piperidine rings is 1. The monoisotopic (exact) mass is 333 g/mol. The van der Waals surface area contributed by atoms with Gasteiger partial charge in [0.25, 0.3) is 0 Å². The Balaban J connectivity index is 1.57. The van der Waals surface area contributed by atoms with Gasteiger partial charge in [0.1, 0.15) is 0 Å². The van der Waals surface area contributed by atoms with Gasteiger partial charge in [-0.05, 0) is 39.3 Å². The molecule has 0 amide bonds. The zero-order chi connectivity index (χ0) is 16.8. The fraction of sp³-hybridized carbons (Fsp3) is 0.842. The number of nitrogens with one attached hydrogen (secondary N) is 1. The number of nitrogens with zero attached hydrogens (tertiary/aromatic N) is 4. The lowest BCUT2D eigenvalue weighted by Crippen LogP contribution is -2.45. The van der Waals surface area contributed by atoms with E-state index in [1.165, 1.54) is 32.2 Å². The van der Waals surface area contributed by atoms with Crippen LogP contribution in [0, 0.1) is 0 Å². The molecule has 2 unspecified atom stereocenters. The number of likely N-dealkylation sites (N-methyl/N-ethyl adjacent to an activating group) is 1. The normalized spacial score (nSPS) is 29.6. The smallest absolute Gasteiger partial charge is 0.194 e. The molecule has 136 valence electrons. The maximum atomic E-state index is 5.03. The van der Waals surface area contributed by atoms with E-state index < -0.39 is 0 Å². The Morgan fingerprint density at radius 1 is 1.12 bits per heavy atom. The van der Waals surface area contributed by atoms with Crippen LogP contribution in [0.3, 0.4) is 0 Å². The van der Waals surface area contributed by atoms with Crippen molar-refractivity contribution in [3.63, 3.8) is 0 Å². The lowest BCUT2D eigenvalue weighted by molar-refractivity contribution is 0.161. The predicted molar refractivity (Wildman–Crippen MR) is 102 cm³/mol. The van der Waals surface area contributed by atoms with Gasteiger partial charge in [-0.3, -0.25) is 14.8 Å². The highest BCUT2D eigenvalue weighted by atomic mass is 15.3. The quantitative estimate of drug-likeness (QED) is 0.472. The van der Waals surface area contributed by atoms with Gasteiger partial charge < -0.3 is 10.2 Å². The molecule has 24 heavy (non-hydrogen) atoms. The van der Waals surface area contributed by atoms with Crippen molar-refractivity contribution in [2.75, 3.05) is 52.4 Å². The molecule has 0 spiro atoms. The molecular formula is C19H35N5. The summed E-state index contributed by atoms with van der Waals surface area (Å²) in [6.07, 6.45) is 9.87. The molecule has 5 heteroatoms. The first-order valence-corrected chi connectivity index (χ1v) is 9.98. The van der Waals surface area contributed by atoms with Crippen molar-refractivity contribution in [3.05, 3.63) is 12.2 Å². The third-order valence-corrected chi connectivity index (χ3v) is 5.77. The second-order valence-electron chi connectivity index (χ2n) is 7.29. The molecule has 0 saturated carbocycles.